The molecule has 0 spiro atoms. The van der Waals surface area contributed by atoms with Gasteiger partial charge in [0, 0.05) is 34.6 Å². The third-order valence-corrected chi connectivity index (χ3v) is 7.49. The Morgan fingerprint density at radius 3 is 2.62 bits per heavy atom. The van der Waals surface area contributed by atoms with Crippen LogP contribution >= 0.6 is 11.9 Å². The van der Waals surface area contributed by atoms with E-state index in [9.17, 15) is 4.79 Å². The van der Waals surface area contributed by atoms with Gasteiger partial charge in [0.25, 0.3) is 0 Å². The second-order valence-corrected chi connectivity index (χ2v) is 9.83. The molecule has 2 aromatic carbocycles. The highest BCUT2D eigenvalue weighted by Crippen LogP contribution is 2.35. The van der Waals surface area contributed by atoms with Gasteiger partial charge in [0.05, 0.1) is 5.69 Å². The maximum atomic E-state index is 13.2. The number of aromatic nitrogens is 1. The van der Waals surface area contributed by atoms with Gasteiger partial charge in [-0.1, -0.05) is 25.1 Å². The Bertz CT molecular complexity index is 1020. The van der Waals surface area contributed by atoms with Crippen LogP contribution in [0.25, 0.3) is 10.9 Å². The zero-order chi connectivity index (χ0) is 22.5. The van der Waals surface area contributed by atoms with Crippen LogP contribution in [0.4, 0.5) is 16.2 Å². The molecule has 0 saturated carbocycles. The number of anilines is 2. The van der Waals surface area contributed by atoms with Crippen LogP contribution in [-0.2, 0) is 0 Å². The number of rotatable bonds is 7. The SMILES string of the molecule is CCCSN(C(=O)Nc1ccc2[nH]cc(C3CCN(C(C)C)CC3)c2c1)c1ccccc1. The van der Waals surface area contributed by atoms with E-state index in [1.165, 1.54) is 23.8 Å². The molecule has 6 heteroatoms. The standard InChI is InChI=1S/C26H34N4OS/c1-4-16-32-30(22-8-6-5-7-9-22)26(31)28-21-10-11-25-23(17-21)24(18-27-25)20-12-14-29(15-13-20)19(2)3/h5-11,17-20,27H,4,12-16H2,1-3H3,(H,28,31). The maximum Gasteiger partial charge on any atom is 0.336 e. The summed E-state index contributed by atoms with van der Waals surface area (Å²) in [5.41, 5.74) is 4.23. The van der Waals surface area contributed by atoms with Crippen LogP contribution in [0.3, 0.4) is 0 Å². The molecule has 0 bridgehead atoms. The summed E-state index contributed by atoms with van der Waals surface area (Å²) in [5, 5.41) is 4.35. The van der Waals surface area contributed by atoms with Crippen molar-refractivity contribution in [1.82, 2.24) is 9.88 Å². The molecular weight excluding hydrogens is 416 g/mol. The molecule has 0 aliphatic carbocycles. The lowest BCUT2D eigenvalue weighted by molar-refractivity contribution is 0.172. The highest BCUT2D eigenvalue weighted by molar-refractivity contribution is 8.01. The molecule has 1 fully saturated rings. The molecule has 0 unspecified atom stereocenters. The zero-order valence-corrected chi connectivity index (χ0v) is 20.1. The maximum absolute atomic E-state index is 13.2. The van der Waals surface area contributed by atoms with Crippen molar-refractivity contribution in [2.24, 2.45) is 0 Å². The Balaban J connectivity index is 1.52. The van der Waals surface area contributed by atoms with Crippen LogP contribution in [0, 0.1) is 0 Å². The second-order valence-electron chi connectivity index (χ2n) is 8.80. The number of carbonyl (C=O) groups excluding carboxylic acids is 1. The number of hydrogen-bond acceptors (Lipinski definition) is 3. The first-order valence-electron chi connectivity index (χ1n) is 11.7. The summed E-state index contributed by atoms with van der Waals surface area (Å²) in [4.78, 5) is 19.2. The normalized spacial score (nSPS) is 15.4. The average Bonchev–Trinajstić information content (AvgIpc) is 3.23. The number of urea groups is 1. The number of nitrogens with one attached hydrogen (secondary N) is 2. The van der Waals surface area contributed by atoms with Crippen molar-refractivity contribution >= 4 is 40.3 Å². The summed E-state index contributed by atoms with van der Waals surface area (Å²) in [6.07, 6.45) is 5.53. The molecule has 3 aromatic rings. The fourth-order valence-corrected chi connectivity index (χ4v) is 5.25. The molecule has 0 atom stereocenters. The Labute approximate surface area is 195 Å². The Morgan fingerprint density at radius 1 is 1.19 bits per heavy atom. The first kappa shape index (κ1) is 22.7. The fourth-order valence-electron chi connectivity index (χ4n) is 4.46. The van der Waals surface area contributed by atoms with E-state index >= 15 is 0 Å². The van der Waals surface area contributed by atoms with Gasteiger partial charge < -0.3 is 15.2 Å². The summed E-state index contributed by atoms with van der Waals surface area (Å²) in [5.74, 6) is 1.45. The highest BCUT2D eigenvalue weighted by atomic mass is 32.2. The molecule has 1 aromatic heterocycles. The fraction of sp³-hybridized carbons (Fsp3) is 0.423. The van der Waals surface area contributed by atoms with E-state index in [1.54, 1.807) is 16.3 Å². The van der Waals surface area contributed by atoms with Crippen LogP contribution in [0.5, 0.6) is 0 Å². The molecule has 1 aliphatic heterocycles. The summed E-state index contributed by atoms with van der Waals surface area (Å²) >= 11 is 1.55. The summed E-state index contributed by atoms with van der Waals surface area (Å²) in [6.45, 7) is 8.97. The number of piperidine rings is 1. The van der Waals surface area contributed by atoms with Crippen molar-refractivity contribution in [2.75, 3.05) is 28.5 Å². The van der Waals surface area contributed by atoms with E-state index in [4.69, 9.17) is 0 Å². The second kappa shape index (κ2) is 10.5. The third kappa shape index (κ3) is 5.13. The minimum absolute atomic E-state index is 0.115. The number of para-hydroxylation sites is 1. The van der Waals surface area contributed by atoms with Crippen LogP contribution < -0.4 is 9.62 Å². The predicted octanol–water partition coefficient (Wildman–Crippen LogP) is 6.85. The van der Waals surface area contributed by atoms with Gasteiger partial charge >= 0.3 is 6.03 Å². The number of carbonyl (C=O) groups is 1. The minimum Gasteiger partial charge on any atom is -0.361 e. The highest BCUT2D eigenvalue weighted by Gasteiger charge is 2.24. The van der Waals surface area contributed by atoms with Crippen LogP contribution in [0.1, 0.15) is 51.5 Å². The number of nitrogens with zero attached hydrogens (tertiary/aromatic N) is 2. The summed E-state index contributed by atoms with van der Waals surface area (Å²) in [6, 6.07) is 16.5. The van der Waals surface area contributed by atoms with Crippen LogP contribution in [0.2, 0.25) is 0 Å². The van der Waals surface area contributed by atoms with Crippen LogP contribution in [-0.4, -0.2) is 40.8 Å². The van der Waals surface area contributed by atoms with Crippen molar-refractivity contribution in [3.63, 3.8) is 0 Å². The van der Waals surface area contributed by atoms with E-state index in [0.717, 1.165) is 42.2 Å². The van der Waals surface area contributed by atoms with E-state index in [2.05, 4.69) is 54.3 Å². The van der Waals surface area contributed by atoms with Gasteiger partial charge in [-0.05, 0) is 100.0 Å². The topological polar surface area (TPSA) is 51.4 Å². The van der Waals surface area contributed by atoms with Crippen molar-refractivity contribution < 1.29 is 4.79 Å². The average molecular weight is 451 g/mol. The Hall–Kier alpha value is -2.44. The van der Waals surface area contributed by atoms with Crippen LogP contribution in [0.15, 0.2) is 54.7 Å². The van der Waals surface area contributed by atoms with Crippen molar-refractivity contribution in [3.05, 3.63) is 60.3 Å². The number of hydrogen-bond donors (Lipinski definition) is 2. The summed E-state index contributed by atoms with van der Waals surface area (Å²) < 4.78 is 1.76. The first-order chi connectivity index (χ1) is 15.6. The van der Waals surface area contributed by atoms with Gasteiger partial charge in [0.15, 0.2) is 0 Å². The number of aromatic amines is 1. The molecule has 0 radical (unpaired) electrons. The zero-order valence-electron chi connectivity index (χ0n) is 19.3. The molecule has 2 heterocycles. The van der Waals surface area contributed by atoms with Gasteiger partial charge in [-0.15, -0.1) is 0 Å². The molecule has 2 amide bonds. The predicted molar refractivity (Wildman–Crippen MR) is 138 cm³/mol. The lowest BCUT2D eigenvalue weighted by Crippen LogP contribution is -2.37. The Kier molecular flexibility index (Phi) is 7.43. The van der Waals surface area contributed by atoms with Crippen molar-refractivity contribution in [1.29, 1.82) is 0 Å². The number of likely N-dealkylation sites (tertiary alicyclic amines) is 1. The molecule has 1 saturated heterocycles. The summed E-state index contributed by atoms with van der Waals surface area (Å²) in [7, 11) is 0. The van der Waals surface area contributed by atoms with E-state index in [0.29, 0.717) is 12.0 Å². The molecular formula is C26H34N4OS. The molecule has 170 valence electrons. The van der Waals surface area contributed by atoms with Gasteiger partial charge in [0.2, 0.25) is 0 Å². The van der Waals surface area contributed by atoms with Crippen molar-refractivity contribution in [3.8, 4) is 0 Å². The number of fused-ring (bicyclic) bond motifs is 1. The number of benzene rings is 2. The van der Waals surface area contributed by atoms with Gasteiger partial charge in [-0.2, -0.15) is 0 Å². The lowest BCUT2D eigenvalue weighted by Gasteiger charge is -2.34. The molecule has 4 rings (SSSR count). The van der Waals surface area contributed by atoms with Gasteiger partial charge in [-0.3, -0.25) is 0 Å². The van der Waals surface area contributed by atoms with Gasteiger partial charge in [-0.25, -0.2) is 9.10 Å². The third-order valence-electron chi connectivity index (χ3n) is 6.26. The van der Waals surface area contributed by atoms with E-state index < -0.39 is 0 Å². The molecule has 2 N–H and O–H groups in total. The number of amides is 2. The smallest absolute Gasteiger partial charge is 0.336 e. The first-order valence-corrected chi connectivity index (χ1v) is 12.6. The number of H-pyrrole nitrogens is 1. The van der Waals surface area contributed by atoms with E-state index in [-0.39, 0.29) is 6.03 Å². The van der Waals surface area contributed by atoms with Crippen molar-refractivity contribution in [2.45, 2.75) is 52.0 Å². The molecule has 5 nitrogen and oxygen atoms in total. The monoisotopic (exact) mass is 450 g/mol. The van der Waals surface area contributed by atoms with E-state index in [1.807, 2.05) is 36.4 Å². The van der Waals surface area contributed by atoms with Gasteiger partial charge in [0.1, 0.15) is 0 Å². The molecule has 32 heavy (non-hydrogen) atoms. The lowest BCUT2D eigenvalue weighted by atomic mass is 9.88. The largest absolute Gasteiger partial charge is 0.361 e. The Morgan fingerprint density at radius 2 is 1.94 bits per heavy atom. The minimum atomic E-state index is -0.115. The molecule has 1 aliphatic rings. The quantitative estimate of drug-likeness (QED) is 0.387.